The van der Waals surface area contributed by atoms with E-state index in [4.69, 9.17) is 0 Å². The molecule has 0 saturated carbocycles. The molecule has 0 bridgehead atoms. The zero-order chi connectivity index (χ0) is 68.0. The van der Waals surface area contributed by atoms with E-state index in [-0.39, 0.29) is 0 Å². The number of rotatable bonds is 27. The predicted molar refractivity (Wildman–Crippen MR) is 439 cm³/mol. The molecule has 0 aliphatic carbocycles. The molecule has 0 heterocycles. The van der Waals surface area contributed by atoms with E-state index in [0.717, 1.165) is 64.3 Å². The Morgan fingerprint density at radius 2 is 0.500 bits per heavy atom. The van der Waals surface area contributed by atoms with Crippen molar-refractivity contribution in [3.8, 4) is 77.9 Å². The third-order valence-electron chi connectivity index (χ3n) is 20.3. The molecule has 0 unspecified atom stereocenters. The molecular formula is C96H88BBrN2. The van der Waals surface area contributed by atoms with E-state index in [1.165, 1.54) is 180 Å². The van der Waals surface area contributed by atoms with Crippen LogP contribution in [0.25, 0.3) is 99.4 Å². The number of aryl methyl sites for hydroxylation is 2. The van der Waals surface area contributed by atoms with Crippen LogP contribution in [0.4, 0.5) is 34.1 Å². The lowest BCUT2D eigenvalue weighted by atomic mass is 9.80. The molecule has 2 nitrogen and oxygen atoms in total. The summed E-state index contributed by atoms with van der Waals surface area (Å²) in [6, 6.07) is 118. The lowest BCUT2D eigenvalue weighted by Crippen LogP contribution is -2.10. The van der Waals surface area contributed by atoms with Crippen molar-refractivity contribution in [3.63, 3.8) is 0 Å². The smallest absolute Gasteiger partial charge is 0.139 e. The number of nitrogens with zero attached hydrogens (tertiary/aromatic N) is 2. The van der Waals surface area contributed by atoms with Crippen LogP contribution in [0.5, 0.6) is 0 Å². The molecule has 4 heteroatoms. The number of benzene rings is 14. The summed E-state index contributed by atoms with van der Waals surface area (Å²) in [5, 5.41) is 5.22. The van der Waals surface area contributed by atoms with Gasteiger partial charge in [-0.1, -0.05) is 318 Å². The number of fused-ring (bicyclic) bond motifs is 2. The molecular weight excluding hydrogens is 1270 g/mol. The zero-order valence-electron chi connectivity index (χ0n) is 58.2. The summed E-state index contributed by atoms with van der Waals surface area (Å²) in [6.07, 6.45) is 16.9. The molecule has 100 heavy (non-hydrogen) atoms. The number of unbranched alkanes of at least 4 members (excludes halogenated alkanes) is 10. The molecule has 0 radical (unpaired) electrons. The van der Waals surface area contributed by atoms with Gasteiger partial charge in [-0.05, 0) is 233 Å². The zero-order valence-corrected chi connectivity index (χ0v) is 59.8. The van der Waals surface area contributed by atoms with Gasteiger partial charge in [0.05, 0.1) is 0 Å². The van der Waals surface area contributed by atoms with Crippen molar-refractivity contribution >= 4 is 84.9 Å². The fraction of sp³-hybridized carbons (Fsp3) is 0.167. The molecule has 0 amide bonds. The van der Waals surface area contributed by atoms with Gasteiger partial charge in [-0.25, -0.2) is 0 Å². The Hall–Kier alpha value is -10.3. The van der Waals surface area contributed by atoms with Crippen LogP contribution >= 0.6 is 15.9 Å². The van der Waals surface area contributed by atoms with Crippen LogP contribution in [0.3, 0.4) is 0 Å². The molecule has 0 aliphatic rings. The van der Waals surface area contributed by atoms with E-state index in [1.807, 2.05) is 0 Å². The monoisotopic (exact) mass is 1360 g/mol. The van der Waals surface area contributed by atoms with Crippen LogP contribution in [0.15, 0.2) is 320 Å². The molecule has 14 aromatic carbocycles. The summed E-state index contributed by atoms with van der Waals surface area (Å²) >= 11 is 3.64. The maximum absolute atomic E-state index is 3.64. The van der Waals surface area contributed by atoms with E-state index in [1.54, 1.807) is 0 Å². The van der Waals surface area contributed by atoms with Crippen molar-refractivity contribution in [1.29, 1.82) is 0 Å². The molecule has 0 aliphatic heterocycles. The van der Waals surface area contributed by atoms with Gasteiger partial charge < -0.3 is 9.80 Å². The molecule has 0 aromatic heterocycles. The maximum atomic E-state index is 3.64. The van der Waals surface area contributed by atoms with Gasteiger partial charge in [0.15, 0.2) is 0 Å². The predicted octanol–water partition coefficient (Wildman–Crippen LogP) is 27.4. The van der Waals surface area contributed by atoms with E-state index in [0.29, 0.717) is 0 Å². The second-order valence-corrected chi connectivity index (χ2v) is 28.0. The first kappa shape index (κ1) is 67.0. The number of halogens is 1. The van der Waals surface area contributed by atoms with Gasteiger partial charge in [0, 0.05) is 38.6 Å². The first-order valence-electron chi connectivity index (χ1n) is 36.6. The highest BCUT2D eigenvalue weighted by molar-refractivity contribution is 9.10. The molecule has 492 valence electrons. The number of hydrogen-bond acceptors (Lipinski definition) is 2. The first-order valence-corrected chi connectivity index (χ1v) is 37.4. The largest absolute Gasteiger partial charge is 0.311 e. The number of hydrogen-bond donors (Lipinski definition) is 0. The average molecular weight is 1360 g/mol. The van der Waals surface area contributed by atoms with Crippen LogP contribution in [0.1, 0.15) is 102 Å². The topological polar surface area (TPSA) is 6.48 Å². The first-order chi connectivity index (χ1) is 49.3. The summed E-state index contributed by atoms with van der Waals surface area (Å²) in [7, 11) is 2.15. The summed E-state index contributed by atoms with van der Waals surface area (Å²) in [5.41, 5.74) is 28.2. The van der Waals surface area contributed by atoms with E-state index < -0.39 is 0 Å². The second-order valence-electron chi connectivity index (χ2n) is 27.1. The van der Waals surface area contributed by atoms with Crippen LogP contribution in [-0.4, -0.2) is 7.85 Å². The van der Waals surface area contributed by atoms with Crippen molar-refractivity contribution in [1.82, 2.24) is 0 Å². The van der Waals surface area contributed by atoms with Crippen LogP contribution in [0, 0.1) is 0 Å². The maximum Gasteiger partial charge on any atom is 0.139 e. The molecule has 14 rings (SSSR count). The third-order valence-corrected chi connectivity index (χ3v) is 20.8. The van der Waals surface area contributed by atoms with Crippen molar-refractivity contribution in [2.24, 2.45) is 0 Å². The van der Waals surface area contributed by atoms with Gasteiger partial charge in [-0.15, -0.1) is 0 Å². The van der Waals surface area contributed by atoms with Crippen LogP contribution in [-0.2, 0) is 12.8 Å². The Kier molecular flexibility index (Phi) is 21.5. The second kappa shape index (κ2) is 32.2. The van der Waals surface area contributed by atoms with Gasteiger partial charge in [-0.2, -0.15) is 0 Å². The lowest BCUT2D eigenvalue weighted by Gasteiger charge is -2.27. The normalized spacial score (nSPS) is 11.3. The van der Waals surface area contributed by atoms with E-state index in [9.17, 15) is 0 Å². The highest BCUT2D eigenvalue weighted by Crippen LogP contribution is 2.48. The van der Waals surface area contributed by atoms with Gasteiger partial charge in [0.25, 0.3) is 0 Å². The fourth-order valence-corrected chi connectivity index (χ4v) is 15.1. The Labute approximate surface area is 603 Å². The Morgan fingerprint density at radius 1 is 0.250 bits per heavy atom. The summed E-state index contributed by atoms with van der Waals surface area (Å²) in [4.78, 5) is 4.81. The van der Waals surface area contributed by atoms with E-state index in [2.05, 4.69) is 363 Å². The highest BCUT2D eigenvalue weighted by Gasteiger charge is 2.24. The van der Waals surface area contributed by atoms with Crippen molar-refractivity contribution in [3.05, 3.63) is 331 Å². The Morgan fingerprint density at radius 3 is 0.820 bits per heavy atom. The van der Waals surface area contributed by atoms with E-state index >= 15 is 0 Å². The minimum Gasteiger partial charge on any atom is -0.311 e. The average Bonchev–Trinajstić information content (AvgIpc) is 0.732. The molecule has 0 N–H and O–H groups in total. The standard InChI is InChI=1S/C96H88BBrN2/c1-3-5-7-9-11-15-29-79-67-93(77-47-63-87(64-48-77)99(83-55-39-73(40-56-83)69-25-17-13-18-26-69)85-59-43-75(44-60-85)71-35-51-81(97)52-36-71)89-31-21-23-33-91(89)95(79)96-80(30-16-12-10-8-6-4-2)68-94(90-32-22-24-34-92(90)96)78-49-65-88(66-50-78)100(84-57-41-74(42-58-84)70-27-19-14-20-28-70)86-61-45-76(46-62-86)72-37-53-82(98)54-38-72/h13-14,17-28,31-68H,3-12,15-16,29-30,97H2,1-2H3. The lowest BCUT2D eigenvalue weighted by molar-refractivity contribution is 0.607. The highest BCUT2D eigenvalue weighted by atomic mass is 79.9. The van der Waals surface area contributed by atoms with Gasteiger partial charge >= 0.3 is 0 Å². The molecule has 0 spiro atoms. The number of anilines is 6. The SMILES string of the molecule is Bc1ccc(-c2ccc(N(c3ccc(-c4ccccc4)cc3)c3ccc(-c4cc(CCCCCCCC)c(-c5c(CCCCCCCC)cc(-c6ccc(N(c7ccc(-c8ccccc8)cc7)c7ccc(-c8ccc(Br)cc8)cc7)cc6)c6ccccc56)c5ccccc45)cc3)cc2)cc1. The third kappa shape index (κ3) is 15.3. The van der Waals surface area contributed by atoms with Crippen LogP contribution in [0.2, 0.25) is 0 Å². The van der Waals surface area contributed by atoms with Gasteiger partial charge in [0.1, 0.15) is 7.85 Å². The summed E-state index contributed by atoms with van der Waals surface area (Å²) in [6.45, 7) is 4.64. The van der Waals surface area contributed by atoms with Crippen molar-refractivity contribution < 1.29 is 0 Å². The van der Waals surface area contributed by atoms with Gasteiger partial charge in [0.2, 0.25) is 0 Å². The molecule has 0 saturated heterocycles. The summed E-state index contributed by atoms with van der Waals surface area (Å²) in [5.74, 6) is 0. The Bertz CT molecular complexity index is 4650. The summed E-state index contributed by atoms with van der Waals surface area (Å²) < 4.78 is 1.08. The van der Waals surface area contributed by atoms with Crippen LogP contribution < -0.4 is 15.3 Å². The quantitative estimate of drug-likeness (QED) is 0.0374. The van der Waals surface area contributed by atoms with Crippen molar-refractivity contribution in [2.75, 3.05) is 9.80 Å². The van der Waals surface area contributed by atoms with Crippen molar-refractivity contribution in [2.45, 2.75) is 104 Å². The molecule has 14 aromatic rings. The Balaban J connectivity index is 0.868. The minimum atomic E-state index is 1.01. The van der Waals surface area contributed by atoms with Gasteiger partial charge in [-0.3, -0.25) is 0 Å². The fourth-order valence-electron chi connectivity index (χ4n) is 14.9. The minimum absolute atomic E-state index is 1.01. The molecule has 0 fully saturated rings. The molecule has 0 atom stereocenters.